The van der Waals surface area contributed by atoms with Gasteiger partial charge in [0.2, 0.25) is 0 Å². The topological polar surface area (TPSA) is 119 Å². The number of rotatable bonds is 9. The van der Waals surface area contributed by atoms with Gasteiger partial charge >= 0.3 is 11.9 Å². The van der Waals surface area contributed by atoms with E-state index in [4.69, 9.17) is 21.1 Å². The number of carbonyl (C=O) groups excluding carboxylic acids is 3. The summed E-state index contributed by atoms with van der Waals surface area (Å²) in [6.45, 7) is 1.45. The molecule has 4 aromatic rings. The summed E-state index contributed by atoms with van der Waals surface area (Å²) >= 11 is 7.45. The van der Waals surface area contributed by atoms with Crippen molar-refractivity contribution in [1.29, 1.82) is 0 Å². The molecule has 1 aromatic heterocycles. The van der Waals surface area contributed by atoms with Crippen molar-refractivity contribution in [2.75, 3.05) is 29.4 Å². The predicted octanol–water partition coefficient (Wildman–Crippen LogP) is 6.18. The monoisotopic (exact) mass is 638 g/mol. The number of halogens is 1. The van der Waals surface area contributed by atoms with Crippen molar-refractivity contribution in [3.63, 3.8) is 0 Å². The summed E-state index contributed by atoms with van der Waals surface area (Å²) in [5, 5.41) is 4.93. The number of ether oxygens (including phenoxy) is 2. The SMILES string of the molecule is CCOC(=O)c1c(-c2ccccc2Cl)csc1NC(=O)COC(=O)c1cccc(S(=O)(=O)N2CCCc3ccccc32)c1. The van der Waals surface area contributed by atoms with E-state index in [0.717, 1.165) is 23.3 Å². The number of anilines is 2. The maximum Gasteiger partial charge on any atom is 0.341 e. The Morgan fingerprint density at radius 2 is 1.72 bits per heavy atom. The van der Waals surface area contributed by atoms with Crippen LogP contribution in [0.1, 0.15) is 39.6 Å². The van der Waals surface area contributed by atoms with Gasteiger partial charge in [-0.3, -0.25) is 9.10 Å². The van der Waals surface area contributed by atoms with Crippen molar-refractivity contribution in [3.8, 4) is 11.1 Å². The lowest BCUT2D eigenvalue weighted by Crippen LogP contribution is -2.35. The van der Waals surface area contributed by atoms with Crippen molar-refractivity contribution in [3.05, 3.63) is 99.9 Å². The fourth-order valence-electron chi connectivity index (χ4n) is 4.77. The fourth-order valence-corrected chi connectivity index (χ4v) is 7.56. The number of aryl methyl sites for hydroxylation is 1. The Kier molecular flexibility index (Phi) is 9.14. The summed E-state index contributed by atoms with van der Waals surface area (Å²) in [6, 6.07) is 19.8. The van der Waals surface area contributed by atoms with Crippen LogP contribution in [0.4, 0.5) is 10.7 Å². The van der Waals surface area contributed by atoms with Gasteiger partial charge in [-0.25, -0.2) is 18.0 Å². The van der Waals surface area contributed by atoms with Gasteiger partial charge in [0, 0.05) is 28.1 Å². The first kappa shape index (κ1) is 30.3. The van der Waals surface area contributed by atoms with Crippen molar-refractivity contribution in [2.45, 2.75) is 24.7 Å². The number of hydrogen-bond donors (Lipinski definition) is 1. The van der Waals surface area contributed by atoms with Gasteiger partial charge in [0.05, 0.1) is 22.8 Å². The minimum absolute atomic E-state index is 0.0245. The van der Waals surface area contributed by atoms with E-state index in [9.17, 15) is 22.8 Å². The smallest absolute Gasteiger partial charge is 0.341 e. The van der Waals surface area contributed by atoms with Gasteiger partial charge in [-0.15, -0.1) is 11.3 Å². The van der Waals surface area contributed by atoms with E-state index in [1.165, 1.54) is 28.6 Å². The second kappa shape index (κ2) is 13.0. The lowest BCUT2D eigenvalue weighted by molar-refractivity contribution is -0.119. The molecular formula is C31H27ClN2O7S2. The van der Waals surface area contributed by atoms with Gasteiger partial charge in [-0.1, -0.05) is 54.1 Å². The highest BCUT2D eigenvalue weighted by Crippen LogP contribution is 2.39. The molecule has 0 unspecified atom stereocenters. The Bertz CT molecular complexity index is 1800. The number of benzene rings is 3. The number of carbonyl (C=O) groups is 3. The van der Waals surface area contributed by atoms with E-state index in [1.54, 1.807) is 48.7 Å². The van der Waals surface area contributed by atoms with Crippen LogP contribution in [-0.2, 0) is 30.7 Å². The van der Waals surface area contributed by atoms with Crippen LogP contribution in [0.3, 0.4) is 0 Å². The van der Waals surface area contributed by atoms with Crippen molar-refractivity contribution in [2.24, 2.45) is 0 Å². The highest BCUT2D eigenvalue weighted by Gasteiger charge is 2.30. The first-order valence-corrected chi connectivity index (χ1v) is 16.1. The summed E-state index contributed by atoms with van der Waals surface area (Å²) in [6.07, 6.45) is 1.46. The highest BCUT2D eigenvalue weighted by atomic mass is 35.5. The zero-order valence-electron chi connectivity index (χ0n) is 23.0. The van der Waals surface area contributed by atoms with E-state index in [2.05, 4.69) is 5.32 Å². The normalized spacial score (nSPS) is 12.7. The lowest BCUT2D eigenvalue weighted by atomic mass is 10.0. The highest BCUT2D eigenvalue weighted by molar-refractivity contribution is 7.92. The molecule has 12 heteroatoms. The summed E-state index contributed by atoms with van der Waals surface area (Å²) < 4.78 is 38.8. The van der Waals surface area contributed by atoms with E-state index in [1.807, 2.05) is 12.1 Å². The van der Waals surface area contributed by atoms with Gasteiger partial charge in [-0.05, 0) is 55.7 Å². The van der Waals surface area contributed by atoms with Crippen LogP contribution >= 0.6 is 22.9 Å². The average Bonchev–Trinajstić information content (AvgIpc) is 3.43. The molecule has 0 radical (unpaired) electrons. The van der Waals surface area contributed by atoms with Gasteiger partial charge in [0.1, 0.15) is 10.6 Å². The van der Waals surface area contributed by atoms with Crippen LogP contribution in [-0.4, -0.2) is 46.0 Å². The fraction of sp³-hybridized carbons (Fsp3) is 0.194. The first-order chi connectivity index (χ1) is 20.7. The van der Waals surface area contributed by atoms with Gasteiger partial charge in [-0.2, -0.15) is 0 Å². The molecule has 0 atom stereocenters. The maximum absolute atomic E-state index is 13.5. The number of fused-ring (bicyclic) bond motifs is 1. The van der Waals surface area contributed by atoms with Crippen LogP contribution in [0.2, 0.25) is 5.02 Å². The number of thiophene rings is 1. The molecule has 0 fully saturated rings. The standard InChI is InChI=1S/C31H27ClN2O7S2/c1-2-40-31(37)28-24(23-13-4-5-14-25(23)32)19-42-29(28)33-27(35)18-41-30(36)21-10-7-12-22(17-21)43(38,39)34-16-8-11-20-9-3-6-15-26(20)34/h3-7,9-10,12-15,17,19H,2,8,11,16,18H2,1H3,(H,33,35). The minimum Gasteiger partial charge on any atom is -0.462 e. The zero-order valence-corrected chi connectivity index (χ0v) is 25.4. The number of nitrogens with one attached hydrogen (secondary N) is 1. The van der Waals surface area contributed by atoms with E-state index < -0.39 is 34.5 Å². The molecule has 43 heavy (non-hydrogen) atoms. The maximum atomic E-state index is 13.5. The van der Waals surface area contributed by atoms with Gasteiger partial charge < -0.3 is 14.8 Å². The number of nitrogens with zero attached hydrogens (tertiary/aromatic N) is 1. The van der Waals surface area contributed by atoms with E-state index >= 15 is 0 Å². The summed E-state index contributed by atoms with van der Waals surface area (Å²) in [5.41, 5.74) is 2.76. The first-order valence-electron chi connectivity index (χ1n) is 13.4. The molecule has 1 N–H and O–H groups in total. The second-order valence-corrected chi connectivity index (χ2v) is 12.7. The molecule has 222 valence electrons. The molecule has 0 aliphatic carbocycles. The molecule has 1 aliphatic rings. The number of para-hydroxylation sites is 1. The Labute approximate surface area is 258 Å². The zero-order chi connectivity index (χ0) is 30.6. The van der Waals surface area contributed by atoms with E-state index in [-0.39, 0.29) is 27.6 Å². The molecule has 3 aromatic carbocycles. The summed E-state index contributed by atoms with van der Waals surface area (Å²) in [4.78, 5) is 38.4. The van der Waals surface area contributed by atoms with Crippen LogP contribution in [0.5, 0.6) is 0 Å². The predicted molar refractivity (Wildman–Crippen MR) is 165 cm³/mol. The molecule has 0 spiro atoms. The van der Waals surface area contributed by atoms with Gasteiger partial charge in [0.25, 0.3) is 15.9 Å². The van der Waals surface area contributed by atoms with Gasteiger partial charge in [0.15, 0.2) is 6.61 Å². The number of esters is 2. The molecule has 0 saturated heterocycles. The van der Waals surface area contributed by atoms with Crippen molar-refractivity contribution in [1.82, 2.24) is 0 Å². The van der Waals surface area contributed by atoms with Crippen LogP contribution in [0.25, 0.3) is 11.1 Å². The molecular weight excluding hydrogens is 612 g/mol. The molecule has 0 bridgehead atoms. The molecule has 9 nitrogen and oxygen atoms in total. The third-order valence-corrected chi connectivity index (χ3v) is 9.78. The molecule has 1 aliphatic heterocycles. The van der Waals surface area contributed by atoms with Crippen LogP contribution in [0, 0.1) is 0 Å². The molecule has 5 rings (SSSR count). The molecule has 1 amide bonds. The summed E-state index contributed by atoms with van der Waals surface area (Å²) in [7, 11) is -3.95. The number of amides is 1. The number of hydrogen-bond acceptors (Lipinski definition) is 8. The molecule has 2 heterocycles. The summed E-state index contributed by atoms with van der Waals surface area (Å²) in [5.74, 6) is -2.21. The minimum atomic E-state index is -3.95. The third-order valence-electron chi connectivity index (χ3n) is 6.75. The Morgan fingerprint density at radius 3 is 2.51 bits per heavy atom. The third kappa shape index (κ3) is 6.43. The van der Waals surface area contributed by atoms with Crippen molar-refractivity contribution >= 4 is 61.5 Å². The van der Waals surface area contributed by atoms with Crippen molar-refractivity contribution < 1.29 is 32.3 Å². The Morgan fingerprint density at radius 1 is 0.953 bits per heavy atom. The quantitative estimate of drug-likeness (QED) is 0.217. The van der Waals surface area contributed by atoms with E-state index in [0.29, 0.717) is 34.8 Å². The second-order valence-electron chi connectivity index (χ2n) is 9.52. The molecule has 0 saturated carbocycles. The average molecular weight is 639 g/mol. The Balaban J connectivity index is 1.29. The van der Waals surface area contributed by atoms with Crippen LogP contribution < -0.4 is 9.62 Å². The number of sulfonamides is 1. The Hall–Kier alpha value is -4.19. The largest absolute Gasteiger partial charge is 0.462 e. The lowest BCUT2D eigenvalue weighted by Gasteiger charge is -2.30. The van der Waals surface area contributed by atoms with Crippen LogP contribution in [0.15, 0.2) is 83.1 Å².